The van der Waals surface area contributed by atoms with Crippen molar-refractivity contribution in [2.24, 2.45) is 0 Å². The predicted molar refractivity (Wildman–Crippen MR) is 110 cm³/mol. The Hall–Kier alpha value is -1.62. The molecule has 0 atom stereocenters. The Labute approximate surface area is 171 Å². The van der Waals surface area contributed by atoms with Gasteiger partial charge in [0.15, 0.2) is 0 Å². The molecule has 0 amide bonds. The summed E-state index contributed by atoms with van der Waals surface area (Å²) in [6, 6.07) is 13.7. The van der Waals surface area contributed by atoms with Gasteiger partial charge >= 0.3 is 0 Å². The minimum absolute atomic E-state index is 0.0909. The third kappa shape index (κ3) is 3.32. The Morgan fingerprint density at radius 2 is 1.68 bits per heavy atom. The highest BCUT2D eigenvalue weighted by atomic mass is 35.5. The number of rotatable bonds is 2. The van der Waals surface area contributed by atoms with Gasteiger partial charge in [-0.3, -0.25) is 4.90 Å². The number of halogens is 2. The molecule has 148 valence electrons. The van der Waals surface area contributed by atoms with Crippen LogP contribution in [0.4, 0.5) is 10.1 Å². The zero-order chi connectivity index (χ0) is 19.1. The summed E-state index contributed by atoms with van der Waals surface area (Å²) in [5.74, 6) is -0.170. The molecule has 1 spiro atoms. The van der Waals surface area contributed by atoms with Crippen LogP contribution in [-0.4, -0.2) is 37.1 Å². The number of benzene rings is 2. The minimum Gasteiger partial charge on any atom is -0.369 e. The predicted octanol–water partition coefficient (Wildman–Crippen LogP) is 4.97. The maximum atomic E-state index is 13.2. The van der Waals surface area contributed by atoms with Crippen molar-refractivity contribution in [2.75, 3.05) is 31.1 Å². The number of anilines is 1. The van der Waals surface area contributed by atoms with Crippen LogP contribution in [-0.2, 0) is 16.9 Å². The van der Waals surface area contributed by atoms with Crippen molar-refractivity contribution in [2.45, 2.75) is 43.9 Å². The third-order valence-corrected chi connectivity index (χ3v) is 7.08. The summed E-state index contributed by atoms with van der Waals surface area (Å²) in [5.41, 5.74) is 3.65. The molecule has 0 bridgehead atoms. The van der Waals surface area contributed by atoms with E-state index in [1.807, 2.05) is 18.2 Å². The molecule has 1 aliphatic carbocycles. The SMILES string of the molecule is Fc1ccc(N2CCN(C3CCC4(CC3)OCc3cc(Cl)ccc34)CC2)cc1. The molecule has 0 aromatic heterocycles. The Morgan fingerprint density at radius 1 is 0.964 bits per heavy atom. The van der Waals surface area contributed by atoms with Gasteiger partial charge in [0, 0.05) is 42.9 Å². The number of fused-ring (bicyclic) bond motifs is 2. The van der Waals surface area contributed by atoms with Gasteiger partial charge in [-0.2, -0.15) is 0 Å². The minimum atomic E-state index is -0.170. The van der Waals surface area contributed by atoms with Gasteiger partial charge < -0.3 is 9.64 Å². The van der Waals surface area contributed by atoms with Crippen molar-refractivity contribution in [1.82, 2.24) is 4.90 Å². The molecule has 2 aromatic carbocycles. The zero-order valence-electron chi connectivity index (χ0n) is 16.0. The number of hydrogen-bond acceptors (Lipinski definition) is 3. The van der Waals surface area contributed by atoms with Crippen LogP contribution in [0.25, 0.3) is 0 Å². The van der Waals surface area contributed by atoms with Crippen LogP contribution in [0.1, 0.15) is 36.8 Å². The average molecular weight is 401 g/mol. The summed E-state index contributed by atoms with van der Waals surface area (Å²) in [6.45, 7) is 4.84. The van der Waals surface area contributed by atoms with Crippen LogP contribution < -0.4 is 4.90 Å². The molecule has 3 aliphatic rings. The molecular weight excluding hydrogens is 375 g/mol. The van der Waals surface area contributed by atoms with Gasteiger partial charge in [0.1, 0.15) is 5.82 Å². The monoisotopic (exact) mass is 400 g/mol. The summed E-state index contributed by atoms with van der Waals surface area (Å²) in [7, 11) is 0. The van der Waals surface area contributed by atoms with Crippen molar-refractivity contribution < 1.29 is 9.13 Å². The molecule has 0 unspecified atom stereocenters. The highest BCUT2D eigenvalue weighted by molar-refractivity contribution is 6.30. The van der Waals surface area contributed by atoms with Crippen LogP contribution in [0, 0.1) is 5.82 Å². The van der Waals surface area contributed by atoms with Gasteiger partial charge in [0.25, 0.3) is 0 Å². The Kier molecular flexibility index (Phi) is 4.82. The number of piperazine rings is 1. The van der Waals surface area contributed by atoms with E-state index in [2.05, 4.69) is 21.9 Å². The lowest BCUT2D eigenvalue weighted by atomic mass is 9.77. The molecule has 2 aliphatic heterocycles. The average Bonchev–Trinajstić information content (AvgIpc) is 3.06. The molecule has 2 aromatic rings. The molecule has 2 fully saturated rings. The van der Waals surface area contributed by atoms with E-state index in [-0.39, 0.29) is 11.4 Å². The first-order valence-electron chi connectivity index (χ1n) is 10.3. The quantitative estimate of drug-likeness (QED) is 0.707. The highest BCUT2D eigenvalue weighted by Gasteiger charge is 2.44. The first kappa shape index (κ1) is 18.4. The van der Waals surface area contributed by atoms with E-state index in [1.165, 1.54) is 24.0 Å². The number of nitrogens with zero attached hydrogens (tertiary/aromatic N) is 2. The molecule has 3 nitrogen and oxygen atoms in total. The lowest BCUT2D eigenvalue weighted by Gasteiger charge is -2.45. The fraction of sp³-hybridized carbons (Fsp3) is 0.478. The normalized spacial score (nSPS) is 27.9. The number of hydrogen-bond donors (Lipinski definition) is 0. The van der Waals surface area contributed by atoms with Gasteiger partial charge in [-0.25, -0.2) is 4.39 Å². The van der Waals surface area contributed by atoms with Crippen molar-refractivity contribution >= 4 is 17.3 Å². The van der Waals surface area contributed by atoms with Gasteiger partial charge in [0.05, 0.1) is 12.2 Å². The van der Waals surface area contributed by atoms with Crippen LogP contribution in [0.3, 0.4) is 0 Å². The van der Waals surface area contributed by atoms with E-state index >= 15 is 0 Å². The van der Waals surface area contributed by atoms with Crippen molar-refractivity contribution in [3.63, 3.8) is 0 Å². The van der Waals surface area contributed by atoms with Crippen molar-refractivity contribution in [1.29, 1.82) is 0 Å². The van der Waals surface area contributed by atoms with E-state index in [1.54, 1.807) is 12.1 Å². The zero-order valence-corrected chi connectivity index (χ0v) is 16.8. The molecule has 1 saturated heterocycles. The van der Waals surface area contributed by atoms with Gasteiger partial charge in [-0.1, -0.05) is 17.7 Å². The van der Waals surface area contributed by atoms with E-state index in [0.29, 0.717) is 12.6 Å². The number of ether oxygens (including phenoxy) is 1. The van der Waals surface area contributed by atoms with Crippen molar-refractivity contribution in [3.8, 4) is 0 Å². The van der Waals surface area contributed by atoms with E-state index in [0.717, 1.165) is 49.7 Å². The van der Waals surface area contributed by atoms with Gasteiger partial charge in [0.2, 0.25) is 0 Å². The molecule has 0 N–H and O–H groups in total. The first-order valence-corrected chi connectivity index (χ1v) is 10.7. The largest absolute Gasteiger partial charge is 0.369 e. The Balaban J connectivity index is 1.19. The molecular formula is C23H26ClFN2O. The molecule has 5 heteroatoms. The second-order valence-corrected chi connectivity index (χ2v) is 8.75. The van der Waals surface area contributed by atoms with Crippen molar-refractivity contribution in [3.05, 3.63) is 64.4 Å². The topological polar surface area (TPSA) is 15.7 Å². The second kappa shape index (κ2) is 7.33. The fourth-order valence-electron chi connectivity index (χ4n) is 5.26. The molecule has 0 radical (unpaired) electrons. The van der Waals surface area contributed by atoms with E-state index in [4.69, 9.17) is 16.3 Å². The highest BCUT2D eigenvalue weighted by Crippen LogP contribution is 2.48. The first-order chi connectivity index (χ1) is 13.6. The summed E-state index contributed by atoms with van der Waals surface area (Å²) in [4.78, 5) is 5.00. The second-order valence-electron chi connectivity index (χ2n) is 8.32. The third-order valence-electron chi connectivity index (χ3n) is 6.85. The van der Waals surface area contributed by atoms with E-state index < -0.39 is 0 Å². The molecule has 28 heavy (non-hydrogen) atoms. The smallest absolute Gasteiger partial charge is 0.123 e. The lowest BCUT2D eigenvalue weighted by Crippen LogP contribution is -2.52. The summed E-state index contributed by atoms with van der Waals surface area (Å²) in [5, 5.41) is 0.798. The Bertz CT molecular complexity index is 840. The van der Waals surface area contributed by atoms with E-state index in [9.17, 15) is 4.39 Å². The molecule has 5 rings (SSSR count). The maximum absolute atomic E-state index is 13.2. The fourth-order valence-corrected chi connectivity index (χ4v) is 5.46. The maximum Gasteiger partial charge on any atom is 0.123 e. The van der Waals surface area contributed by atoms with Gasteiger partial charge in [-0.05, 0) is 73.2 Å². The van der Waals surface area contributed by atoms with Crippen LogP contribution >= 0.6 is 11.6 Å². The lowest BCUT2D eigenvalue weighted by molar-refractivity contribution is -0.0777. The molecule has 2 heterocycles. The van der Waals surface area contributed by atoms with Crippen LogP contribution in [0.15, 0.2) is 42.5 Å². The summed E-state index contributed by atoms with van der Waals surface area (Å²) >= 11 is 6.15. The van der Waals surface area contributed by atoms with Crippen LogP contribution in [0.5, 0.6) is 0 Å². The summed E-state index contributed by atoms with van der Waals surface area (Å²) in [6.07, 6.45) is 4.53. The van der Waals surface area contributed by atoms with Gasteiger partial charge in [-0.15, -0.1) is 0 Å². The summed E-state index contributed by atoms with van der Waals surface area (Å²) < 4.78 is 19.5. The Morgan fingerprint density at radius 3 is 2.39 bits per heavy atom. The van der Waals surface area contributed by atoms with Crippen LogP contribution in [0.2, 0.25) is 5.02 Å². The molecule has 1 saturated carbocycles. The standard InChI is InChI=1S/C23H26ClFN2O/c24-18-1-6-22-17(15-18)16-28-23(22)9-7-21(8-10-23)27-13-11-26(12-14-27)20-4-2-19(25)3-5-20/h1-6,15,21H,7-14,16H2.